The Bertz CT molecular complexity index is 289. The maximum Gasteiger partial charge on any atom is 0.0947 e. The normalized spacial score (nSPS) is 19.8. The van der Waals surface area contributed by atoms with E-state index in [9.17, 15) is 0 Å². The minimum atomic E-state index is 0.509. The van der Waals surface area contributed by atoms with Crippen LogP contribution < -0.4 is 10.6 Å². The number of furan rings is 1. The molecule has 1 saturated heterocycles. The Morgan fingerprint density at radius 3 is 2.88 bits per heavy atom. The van der Waals surface area contributed by atoms with Gasteiger partial charge in [-0.15, -0.1) is 0 Å². The third-order valence-corrected chi connectivity index (χ3v) is 3.82. The summed E-state index contributed by atoms with van der Waals surface area (Å²) in [5, 5.41) is 7.00. The molecular weight excluding hydrogens is 200 g/mol. The fraction of sp³-hybridized carbons (Fsp3) is 0.692. The van der Waals surface area contributed by atoms with Gasteiger partial charge in [0.05, 0.1) is 12.5 Å². The molecule has 0 amide bonds. The highest BCUT2D eigenvalue weighted by Crippen LogP contribution is 2.31. The van der Waals surface area contributed by atoms with Crippen molar-refractivity contribution < 1.29 is 4.42 Å². The van der Waals surface area contributed by atoms with E-state index in [0.29, 0.717) is 5.41 Å². The first-order chi connectivity index (χ1) is 7.85. The molecule has 2 rings (SSSR count). The van der Waals surface area contributed by atoms with E-state index in [-0.39, 0.29) is 0 Å². The third kappa shape index (κ3) is 2.86. The summed E-state index contributed by atoms with van der Waals surface area (Å²) >= 11 is 0. The van der Waals surface area contributed by atoms with E-state index in [1.165, 1.54) is 37.9 Å². The zero-order valence-electron chi connectivity index (χ0n) is 10.1. The summed E-state index contributed by atoms with van der Waals surface area (Å²) in [6.45, 7) is 6.69. The van der Waals surface area contributed by atoms with E-state index < -0.39 is 0 Å². The molecule has 3 heteroatoms. The average molecular weight is 222 g/mol. The monoisotopic (exact) mass is 222 g/mol. The number of nitrogens with one attached hydrogen (secondary N) is 2. The fourth-order valence-corrected chi connectivity index (χ4v) is 2.48. The second-order valence-electron chi connectivity index (χ2n) is 4.84. The third-order valence-electron chi connectivity index (χ3n) is 3.82. The molecule has 16 heavy (non-hydrogen) atoms. The molecule has 0 bridgehead atoms. The highest BCUT2D eigenvalue weighted by molar-refractivity contribution is 5.04. The van der Waals surface area contributed by atoms with Crippen molar-refractivity contribution in [3.8, 4) is 0 Å². The minimum absolute atomic E-state index is 0.509. The maximum atomic E-state index is 5.06. The van der Waals surface area contributed by atoms with Crippen molar-refractivity contribution in [3.63, 3.8) is 0 Å². The lowest BCUT2D eigenvalue weighted by atomic mass is 9.76. The molecular formula is C13H22N2O. The Morgan fingerprint density at radius 2 is 2.25 bits per heavy atom. The van der Waals surface area contributed by atoms with Crippen molar-refractivity contribution in [3.05, 3.63) is 24.2 Å². The molecule has 1 aromatic rings. The lowest BCUT2D eigenvalue weighted by Gasteiger charge is -2.37. The second-order valence-corrected chi connectivity index (χ2v) is 4.84. The minimum Gasteiger partial charge on any atom is -0.472 e. The van der Waals surface area contributed by atoms with Crippen molar-refractivity contribution in [2.75, 3.05) is 19.6 Å². The molecule has 0 aliphatic carbocycles. The topological polar surface area (TPSA) is 37.2 Å². The largest absolute Gasteiger partial charge is 0.472 e. The van der Waals surface area contributed by atoms with Crippen LogP contribution in [0.4, 0.5) is 0 Å². The van der Waals surface area contributed by atoms with E-state index in [0.717, 1.165) is 13.1 Å². The number of piperidine rings is 1. The van der Waals surface area contributed by atoms with Crippen molar-refractivity contribution in [2.24, 2.45) is 5.41 Å². The van der Waals surface area contributed by atoms with Gasteiger partial charge in [-0.25, -0.2) is 0 Å². The molecule has 1 aromatic heterocycles. The van der Waals surface area contributed by atoms with Crippen LogP contribution in [0.3, 0.4) is 0 Å². The molecule has 2 heterocycles. The van der Waals surface area contributed by atoms with E-state index in [2.05, 4.69) is 17.6 Å². The van der Waals surface area contributed by atoms with Crippen LogP contribution in [0.5, 0.6) is 0 Å². The van der Waals surface area contributed by atoms with E-state index >= 15 is 0 Å². The van der Waals surface area contributed by atoms with Crippen LogP contribution in [0, 0.1) is 5.41 Å². The Morgan fingerprint density at radius 1 is 1.44 bits per heavy atom. The zero-order valence-corrected chi connectivity index (χ0v) is 10.1. The van der Waals surface area contributed by atoms with E-state index in [4.69, 9.17) is 4.42 Å². The van der Waals surface area contributed by atoms with Gasteiger partial charge in [-0.3, -0.25) is 0 Å². The predicted octanol–water partition coefficient (Wildman–Crippen LogP) is 2.15. The van der Waals surface area contributed by atoms with E-state index in [1.807, 2.05) is 12.3 Å². The standard InChI is InChI=1S/C13H22N2O/c1-2-13(4-6-14-7-5-13)11-15-9-12-3-8-16-10-12/h3,8,10,14-15H,2,4-7,9,11H2,1H3. The zero-order chi connectivity index (χ0) is 11.3. The first kappa shape index (κ1) is 11.7. The van der Waals surface area contributed by atoms with Gasteiger partial charge >= 0.3 is 0 Å². The smallest absolute Gasteiger partial charge is 0.0947 e. The van der Waals surface area contributed by atoms with Gasteiger partial charge in [0, 0.05) is 18.7 Å². The van der Waals surface area contributed by atoms with Crippen LogP contribution in [0.25, 0.3) is 0 Å². The molecule has 3 nitrogen and oxygen atoms in total. The lowest BCUT2D eigenvalue weighted by molar-refractivity contribution is 0.185. The average Bonchev–Trinajstić information content (AvgIpc) is 2.83. The van der Waals surface area contributed by atoms with Gasteiger partial charge in [0.2, 0.25) is 0 Å². The number of hydrogen-bond acceptors (Lipinski definition) is 3. The molecule has 1 aliphatic heterocycles. The summed E-state index contributed by atoms with van der Waals surface area (Å²) in [6.07, 6.45) is 7.40. The van der Waals surface area contributed by atoms with Crippen molar-refractivity contribution in [2.45, 2.75) is 32.7 Å². The van der Waals surface area contributed by atoms with Gasteiger partial charge < -0.3 is 15.1 Å². The summed E-state index contributed by atoms with van der Waals surface area (Å²) in [5.74, 6) is 0. The quantitative estimate of drug-likeness (QED) is 0.801. The summed E-state index contributed by atoms with van der Waals surface area (Å²) in [4.78, 5) is 0. The number of hydrogen-bond donors (Lipinski definition) is 2. The van der Waals surface area contributed by atoms with Crippen molar-refractivity contribution in [1.29, 1.82) is 0 Å². The molecule has 1 fully saturated rings. The Kier molecular flexibility index (Phi) is 4.02. The molecule has 0 aromatic carbocycles. The Balaban J connectivity index is 1.78. The van der Waals surface area contributed by atoms with Gasteiger partial charge in [0.1, 0.15) is 0 Å². The molecule has 0 spiro atoms. The highest BCUT2D eigenvalue weighted by Gasteiger charge is 2.29. The SMILES string of the molecule is CCC1(CNCc2ccoc2)CCNCC1. The first-order valence-electron chi connectivity index (χ1n) is 6.27. The van der Waals surface area contributed by atoms with Crippen LogP contribution in [0.1, 0.15) is 31.7 Å². The van der Waals surface area contributed by atoms with E-state index in [1.54, 1.807) is 6.26 Å². The molecule has 0 atom stereocenters. The van der Waals surface area contributed by atoms with Gasteiger partial charge in [-0.05, 0) is 43.8 Å². The first-order valence-corrected chi connectivity index (χ1v) is 6.27. The van der Waals surface area contributed by atoms with Crippen LogP contribution in [0.15, 0.2) is 23.0 Å². The second kappa shape index (κ2) is 5.51. The highest BCUT2D eigenvalue weighted by atomic mass is 16.3. The molecule has 1 aliphatic rings. The van der Waals surface area contributed by atoms with Crippen LogP contribution in [-0.4, -0.2) is 19.6 Å². The molecule has 0 unspecified atom stereocenters. The summed E-state index contributed by atoms with van der Waals surface area (Å²) in [5.41, 5.74) is 1.75. The van der Waals surface area contributed by atoms with Crippen LogP contribution in [0.2, 0.25) is 0 Å². The van der Waals surface area contributed by atoms with Gasteiger partial charge in [-0.1, -0.05) is 6.92 Å². The molecule has 90 valence electrons. The van der Waals surface area contributed by atoms with Gasteiger partial charge in [0.15, 0.2) is 0 Å². The predicted molar refractivity (Wildman–Crippen MR) is 65.2 cm³/mol. The molecule has 0 radical (unpaired) electrons. The van der Waals surface area contributed by atoms with Gasteiger partial charge in [-0.2, -0.15) is 0 Å². The molecule has 0 saturated carbocycles. The van der Waals surface area contributed by atoms with Crippen molar-refractivity contribution in [1.82, 2.24) is 10.6 Å². The Hall–Kier alpha value is -0.800. The number of rotatable bonds is 5. The lowest BCUT2D eigenvalue weighted by Crippen LogP contribution is -2.42. The fourth-order valence-electron chi connectivity index (χ4n) is 2.48. The van der Waals surface area contributed by atoms with Crippen LogP contribution in [-0.2, 0) is 6.54 Å². The molecule has 2 N–H and O–H groups in total. The Labute approximate surface area is 97.6 Å². The van der Waals surface area contributed by atoms with Crippen LogP contribution >= 0.6 is 0 Å². The summed E-state index contributed by atoms with van der Waals surface area (Å²) < 4.78 is 5.06. The summed E-state index contributed by atoms with van der Waals surface area (Å²) in [7, 11) is 0. The maximum absolute atomic E-state index is 5.06. The summed E-state index contributed by atoms with van der Waals surface area (Å²) in [6, 6.07) is 2.02. The van der Waals surface area contributed by atoms with Gasteiger partial charge in [0.25, 0.3) is 0 Å². The van der Waals surface area contributed by atoms with Crippen molar-refractivity contribution >= 4 is 0 Å².